The second kappa shape index (κ2) is 8.94. The highest BCUT2D eigenvalue weighted by Crippen LogP contribution is 2.29. The molecule has 29 heavy (non-hydrogen) atoms. The number of nitrogens with zero attached hydrogens (tertiary/aromatic N) is 3. The zero-order chi connectivity index (χ0) is 21.0. The molecule has 0 spiro atoms. The van der Waals surface area contributed by atoms with Gasteiger partial charge in [-0.2, -0.15) is 18.2 Å². The molecule has 2 heterocycles. The van der Waals surface area contributed by atoms with Gasteiger partial charge in [0.25, 0.3) is 0 Å². The maximum Gasteiger partial charge on any atom is 0.471 e. The van der Waals surface area contributed by atoms with Crippen LogP contribution in [0.15, 0.2) is 28.8 Å². The third-order valence-corrected chi connectivity index (χ3v) is 5.05. The first-order chi connectivity index (χ1) is 13.8. The molecule has 1 aliphatic rings. The van der Waals surface area contributed by atoms with Crippen LogP contribution in [-0.2, 0) is 22.3 Å². The maximum atomic E-state index is 12.8. The van der Waals surface area contributed by atoms with Crippen LogP contribution < -0.4 is 0 Å². The summed E-state index contributed by atoms with van der Waals surface area (Å²) in [5, 5.41) is 3.39. The number of rotatable bonds is 7. The molecule has 1 amide bonds. The molecular weight excluding hydrogens is 387 g/mol. The van der Waals surface area contributed by atoms with E-state index in [1.807, 2.05) is 13.8 Å². The van der Waals surface area contributed by atoms with Gasteiger partial charge in [-0.3, -0.25) is 4.79 Å². The van der Waals surface area contributed by atoms with Crippen LogP contribution in [-0.4, -0.2) is 40.2 Å². The summed E-state index contributed by atoms with van der Waals surface area (Å²) in [7, 11) is 0. The number of alkyl halides is 3. The summed E-state index contributed by atoms with van der Waals surface area (Å²) in [4.78, 5) is 18.0. The fourth-order valence-corrected chi connectivity index (χ4v) is 3.19. The van der Waals surface area contributed by atoms with E-state index in [0.717, 1.165) is 31.4 Å². The third kappa shape index (κ3) is 5.35. The Hall–Kier alpha value is -2.42. The van der Waals surface area contributed by atoms with Crippen molar-refractivity contribution in [3.8, 4) is 11.4 Å². The van der Waals surface area contributed by atoms with Crippen LogP contribution in [0.25, 0.3) is 11.4 Å². The molecule has 1 aliphatic heterocycles. The highest BCUT2D eigenvalue weighted by molar-refractivity contribution is 5.78. The van der Waals surface area contributed by atoms with E-state index >= 15 is 0 Å². The lowest BCUT2D eigenvalue weighted by atomic mass is 10.1. The normalized spacial score (nSPS) is 18.0. The molecule has 2 aromatic rings. The summed E-state index contributed by atoms with van der Waals surface area (Å²) in [6.07, 6.45) is -1.95. The van der Waals surface area contributed by atoms with Gasteiger partial charge in [0.15, 0.2) is 0 Å². The van der Waals surface area contributed by atoms with Crippen molar-refractivity contribution >= 4 is 5.91 Å². The molecule has 9 heteroatoms. The highest BCUT2D eigenvalue weighted by Gasteiger charge is 2.38. The van der Waals surface area contributed by atoms with Crippen molar-refractivity contribution in [3.05, 3.63) is 35.7 Å². The smallest absolute Gasteiger partial charge is 0.376 e. The monoisotopic (exact) mass is 411 g/mol. The Labute approximate surface area is 167 Å². The highest BCUT2D eigenvalue weighted by atomic mass is 19.4. The predicted octanol–water partition coefficient (Wildman–Crippen LogP) is 4.31. The van der Waals surface area contributed by atoms with E-state index in [1.54, 1.807) is 29.2 Å². The van der Waals surface area contributed by atoms with E-state index in [0.29, 0.717) is 18.7 Å². The van der Waals surface area contributed by atoms with Crippen LogP contribution in [0.5, 0.6) is 0 Å². The zero-order valence-corrected chi connectivity index (χ0v) is 16.4. The number of halogens is 3. The fourth-order valence-electron chi connectivity index (χ4n) is 3.19. The van der Waals surface area contributed by atoms with Gasteiger partial charge in [0, 0.05) is 31.2 Å². The average Bonchev–Trinajstić information content (AvgIpc) is 3.38. The van der Waals surface area contributed by atoms with Crippen LogP contribution in [0.3, 0.4) is 0 Å². The minimum absolute atomic E-state index is 0.0439. The second-order valence-corrected chi connectivity index (χ2v) is 7.28. The summed E-state index contributed by atoms with van der Waals surface area (Å²) in [6.45, 7) is 5.54. The van der Waals surface area contributed by atoms with Gasteiger partial charge < -0.3 is 14.2 Å². The molecule has 1 fully saturated rings. The number of hydrogen-bond acceptors (Lipinski definition) is 5. The van der Waals surface area contributed by atoms with E-state index < -0.39 is 12.1 Å². The molecule has 0 aliphatic carbocycles. The Morgan fingerprint density at radius 3 is 2.59 bits per heavy atom. The van der Waals surface area contributed by atoms with E-state index in [-0.39, 0.29) is 23.8 Å². The number of carbonyl (C=O) groups is 1. The van der Waals surface area contributed by atoms with Crippen LogP contribution in [0.1, 0.15) is 44.6 Å². The minimum Gasteiger partial charge on any atom is -0.376 e. The van der Waals surface area contributed by atoms with Crippen molar-refractivity contribution in [2.75, 3.05) is 13.2 Å². The third-order valence-electron chi connectivity index (χ3n) is 5.05. The SMILES string of the molecule is CCC(C)C(=O)N(Cc1ccc(-c2noc(C(F)(F)F)n2)cc1)CC1CCCO1. The summed E-state index contributed by atoms with van der Waals surface area (Å²) in [5.74, 6) is -1.52. The van der Waals surface area contributed by atoms with E-state index in [9.17, 15) is 18.0 Å². The van der Waals surface area contributed by atoms with E-state index in [1.165, 1.54) is 0 Å². The first kappa shape index (κ1) is 21.3. The molecule has 0 radical (unpaired) electrons. The number of aromatic nitrogens is 2. The van der Waals surface area contributed by atoms with Crippen molar-refractivity contribution in [2.24, 2.45) is 5.92 Å². The molecule has 1 saturated heterocycles. The van der Waals surface area contributed by atoms with Crippen molar-refractivity contribution in [3.63, 3.8) is 0 Å². The summed E-state index contributed by atoms with van der Waals surface area (Å²) >= 11 is 0. The largest absolute Gasteiger partial charge is 0.471 e. The summed E-state index contributed by atoms with van der Waals surface area (Å²) in [6, 6.07) is 6.76. The van der Waals surface area contributed by atoms with Gasteiger partial charge in [0.2, 0.25) is 11.7 Å². The molecule has 0 N–H and O–H groups in total. The Kier molecular flexibility index (Phi) is 6.56. The number of carbonyl (C=O) groups excluding carboxylic acids is 1. The predicted molar refractivity (Wildman–Crippen MR) is 98.6 cm³/mol. The van der Waals surface area contributed by atoms with Gasteiger partial charge in [0.05, 0.1) is 6.10 Å². The molecule has 0 saturated carbocycles. The lowest BCUT2D eigenvalue weighted by molar-refractivity contribution is -0.159. The molecule has 6 nitrogen and oxygen atoms in total. The van der Waals surface area contributed by atoms with Crippen LogP contribution >= 0.6 is 0 Å². The van der Waals surface area contributed by atoms with Gasteiger partial charge in [0.1, 0.15) is 0 Å². The van der Waals surface area contributed by atoms with Crippen molar-refractivity contribution in [1.82, 2.24) is 15.0 Å². The average molecular weight is 411 g/mol. The Balaban J connectivity index is 1.72. The Morgan fingerprint density at radius 2 is 2.03 bits per heavy atom. The number of amides is 1. The Bertz CT molecular complexity index is 814. The molecule has 1 aromatic carbocycles. The van der Waals surface area contributed by atoms with Crippen molar-refractivity contribution < 1.29 is 27.2 Å². The molecule has 2 unspecified atom stereocenters. The first-order valence-corrected chi connectivity index (χ1v) is 9.68. The maximum absolute atomic E-state index is 12.8. The van der Waals surface area contributed by atoms with Crippen LogP contribution in [0.2, 0.25) is 0 Å². The second-order valence-electron chi connectivity index (χ2n) is 7.28. The van der Waals surface area contributed by atoms with Gasteiger partial charge in [-0.15, -0.1) is 0 Å². The molecule has 3 rings (SSSR count). The summed E-state index contributed by atoms with van der Waals surface area (Å²) < 4.78 is 47.8. The number of ether oxygens (including phenoxy) is 1. The molecule has 158 valence electrons. The van der Waals surface area contributed by atoms with Crippen molar-refractivity contribution in [1.29, 1.82) is 0 Å². The van der Waals surface area contributed by atoms with Crippen LogP contribution in [0, 0.1) is 5.92 Å². The van der Waals surface area contributed by atoms with Gasteiger partial charge >= 0.3 is 12.1 Å². The molecule has 0 bridgehead atoms. The standard InChI is InChI=1S/C20H24F3N3O3/c1-3-13(2)18(27)26(12-16-5-4-10-28-16)11-14-6-8-15(9-7-14)17-24-19(29-25-17)20(21,22)23/h6-9,13,16H,3-5,10-12H2,1-2H3. The number of benzene rings is 1. The molecule has 1 aromatic heterocycles. The van der Waals surface area contributed by atoms with E-state index in [4.69, 9.17) is 4.74 Å². The quantitative estimate of drug-likeness (QED) is 0.679. The fraction of sp³-hybridized carbons (Fsp3) is 0.550. The topological polar surface area (TPSA) is 68.5 Å². The minimum atomic E-state index is -4.68. The Morgan fingerprint density at radius 1 is 1.31 bits per heavy atom. The lowest BCUT2D eigenvalue weighted by Crippen LogP contribution is -2.39. The van der Waals surface area contributed by atoms with Crippen molar-refractivity contribution in [2.45, 2.75) is 51.9 Å². The molecular formula is C20H24F3N3O3. The lowest BCUT2D eigenvalue weighted by Gasteiger charge is -2.28. The van der Waals surface area contributed by atoms with Gasteiger partial charge in [-0.05, 0) is 24.8 Å². The van der Waals surface area contributed by atoms with Gasteiger partial charge in [-0.25, -0.2) is 0 Å². The molecule has 2 atom stereocenters. The first-order valence-electron chi connectivity index (χ1n) is 9.68. The summed E-state index contributed by atoms with van der Waals surface area (Å²) in [5.41, 5.74) is 1.27. The van der Waals surface area contributed by atoms with Crippen LogP contribution in [0.4, 0.5) is 13.2 Å². The van der Waals surface area contributed by atoms with Gasteiger partial charge in [-0.1, -0.05) is 43.3 Å². The number of hydrogen-bond donors (Lipinski definition) is 0. The van der Waals surface area contributed by atoms with E-state index in [2.05, 4.69) is 14.7 Å². The zero-order valence-electron chi connectivity index (χ0n) is 16.4.